The van der Waals surface area contributed by atoms with Gasteiger partial charge in [-0.1, -0.05) is 13.8 Å². The van der Waals surface area contributed by atoms with Crippen molar-refractivity contribution in [2.75, 3.05) is 5.73 Å². The number of nitrogen functional groups attached to an aromatic ring is 1. The molecular formula is C8H12BrNO. The Morgan fingerprint density at radius 2 is 1.91 bits per heavy atom. The maximum atomic E-state index is 8.97. The van der Waals surface area contributed by atoms with Crippen molar-refractivity contribution >= 4 is 21.6 Å². The summed E-state index contributed by atoms with van der Waals surface area (Å²) in [6.45, 7) is 4.00. The molecule has 3 N–H and O–H groups in total. The van der Waals surface area contributed by atoms with Crippen molar-refractivity contribution < 1.29 is 5.11 Å². The Labute approximate surface area is 75.2 Å². The quantitative estimate of drug-likeness (QED) is 0.657. The third-order valence-electron chi connectivity index (χ3n) is 0.970. The van der Waals surface area contributed by atoms with Crippen LogP contribution in [0.1, 0.15) is 13.8 Å². The molecule has 1 rings (SSSR count). The Kier molecular flexibility index (Phi) is 4.70. The lowest BCUT2D eigenvalue weighted by Crippen LogP contribution is -1.82. The molecule has 0 aromatic heterocycles. The van der Waals surface area contributed by atoms with Crippen LogP contribution in [0.4, 0.5) is 5.69 Å². The SMILES string of the molecule is CC.Nc1ccc(Br)c(O)c1. The van der Waals surface area contributed by atoms with Gasteiger partial charge in [0.2, 0.25) is 0 Å². The molecule has 0 unspecified atom stereocenters. The van der Waals surface area contributed by atoms with Gasteiger partial charge in [-0.3, -0.25) is 0 Å². The van der Waals surface area contributed by atoms with Gasteiger partial charge in [0.1, 0.15) is 5.75 Å². The Bertz CT molecular complexity index is 225. The summed E-state index contributed by atoms with van der Waals surface area (Å²) in [6.07, 6.45) is 0. The monoisotopic (exact) mass is 217 g/mol. The van der Waals surface area contributed by atoms with Crippen LogP contribution in [-0.4, -0.2) is 5.11 Å². The zero-order valence-corrected chi connectivity index (χ0v) is 8.22. The molecule has 0 atom stereocenters. The fourth-order valence-corrected chi connectivity index (χ4v) is 0.776. The van der Waals surface area contributed by atoms with Crippen molar-refractivity contribution in [3.63, 3.8) is 0 Å². The van der Waals surface area contributed by atoms with Gasteiger partial charge in [0.25, 0.3) is 0 Å². The van der Waals surface area contributed by atoms with E-state index in [-0.39, 0.29) is 5.75 Å². The molecule has 0 aliphatic heterocycles. The van der Waals surface area contributed by atoms with Crippen molar-refractivity contribution in [2.24, 2.45) is 0 Å². The zero-order chi connectivity index (χ0) is 8.85. The lowest BCUT2D eigenvalue weighted by atomic mass is 10.3. The molecule has 0 heterocycles. The van der Waals surface area contributed by atoms with Crippen LogP contribution >= 0.6 is 15.9 Å². The predicted molar refractivity (Wildman–Crippen MR) is 51.6 cm³/mol. The number of nitrogens with two attached hydrogens (primary N) is 1. The average molecular weight is 218 g/mol. The minimum absolute atomic E-state index is 0.176. The maximum Gasteiger partial charge on any atom is 0.131 e. The highest BCUT2D eigenvalue weighted by Gasteiger charge is 1.94. The van der Waals surface area contributed by atoms with E-state index in [2.05, 4.69) is 15.9 Å². The number of halogens is 1. The van der Waals surface area contributed by atoms with Gasteiger partial charge in [0.05, 0.1) is 4.47 Å². The molecule has 1 aromatic carbocycles. The number of phenols is 1. The smallest absolute Gasteiger partial charge is 0.131 e. The molecule has 1 aromatic rings. The van der Waals surface area contributed by atoms with Crippen LogP contribution in [-0.2, 0) is 0 Å². The predicted octanol–water partition coefficient (Wildman–Crippen LogP) is 2.76. The largest absolute Gasteiger partial charge is 0.507 e. The first-order chi connectivity index (χ1) is 5.20. The standard InChI is InChI=1S/C6H6BrNO.C2H6/c7-5-2-1-4(8)3-6(5)9;1-2/h1-3,9H,8H2;1-2H3. The third kappa shape index (κ3) is 3.28. The lowest BCUT2D eigenvalue weighted by molar-refractivity contribution is 0.472. The highest BCUT2D eigenvalue weighted by Crippen LogP contribution is 2.24. The first kappa shape index (κ1) is 10.3. The average Bonchev–Trinajstić information content (AvgIpc) is 2.02. The van der Waals surface area contributed by atoms with E-state index in [0.29, 0.717) is 10.2 Å². The second kappa shape index (κ2) is 5.02. The van der Waals surface area contributed by atoms with Crippen LogP contribution < -0.4 is 5.73 Å². The highest BCUT2D eigenvalue weighted by atomic mass is 79.9. The summed E-state index contributed by atoms with van der Waals surface area (Å²) in [6, 6.07) is 4.90. The molecule has 0 amide bonds. The summed E-state index contributed by atoms with van der Waals surface area (Å²) >= 11 is 3.12. The topological polar surface area (TPSA) is 46.2 Å². The molecule has 62 valence electrons. The van der Waals surface area contributed by atoms with Crippen LogP contribution in [0.25, 0.3) is 0 Å². The van der Waals surface area contributed by atoms with Crippen molar-refractivity contribution in [3.8, 4) is 5.75 Å². The molecular weight excluding hydrogens is 206 g/mol. The number of benzene rings is 1. The van der Waals surface area contributed by atoms with E-state index in [4.69, 9.17) is 10.8 Å². The number of hydrogen-bond donors (Lipinski definition) is 2. The van der Waals surface area contributed by atoms with Crippen molar-refractivity contribution in [3.05, 3.63) is 22.7 Å². The van der Waals surface area contributed by atoms with Gasteiger partial charge in [-0.05, 0) is 28.1 Å². The van der Waals surface area contributed by atoms with E-state index in [9.17, 15) is 0 Å². The van der Waals surface area contributed by atoms with E-state index >= 15 is 0 Å². The summed E-state index contributed by atoms with van der Waals surface area (Å²) < 4.78 is 0.664. The van der Waals surface area contributed by atoms with E-state index in [1.807, 2.05) is 13.8 Å². The van der Waals surface area contributed by atoms with Gasteiger partial charge >= 0.3 is 0 Å². The summed E-state index contributed by atoms with van der Waals surface area (Å²) in [4.78, 5) is 0. The Hall–Kier alpha value is -0.700. The minimum atomic E-state index is 0.176. The van der Waals surface area contributed by atoms with Crippen molar-refractivity contribution in [1.82, 2.24) is 0 Å². The summed E-state index contributed by atoms with van der Waals surface area (Å²) in [5.41, 5.74) is 5.91. The van der Waals surface area contributed by atoms with Crippen LogP contribution in [0.15, 0.2) is 22.7 Å². The molecule has 3 heteroatoms. The summed E-state index contributed by atoms with van der Waals surface area (Å²) in [5.74, 6) is 0.176. The van der Waals surface area contributed by atoms with Crippen LogP contribution in [0.2, 0.25) is 0 Å². The van der Waals surface area contributed by atoms with Gasteiger partial charge in [0.15, 0.2) is 0 Å². The first-order valence-electron chi connectivity index (χ1n) is 3.44. The number of hydrogen-bond acceptors (Lipinski definition) is 2. The fourth-order valence-electron chi connectivity index (χ4n) is 0.530. The van der Waals surface area contributed by atoms with Gasteiger partial charge < -0.3 is 10.8 Å². The van der Waals surface area contributed by atoms with Crippen molar-refractivity contribution in [2.45, 2.75) is 13.8 Å². The third-order valence-corrected chi connectivity index (χ3v) is 1.64. The van der Waals surface area contributed by atoms with Gasteiger partial charge in [-0.25, -0.2) is 0 Å². The minimum Gasteiger partial charge on any atom is -0.507 e. The first-order valence-corrected chi connectivity index (χ1v) is 4.23. The van der Waals surface area contributed by atoms with Crippen LogP contribution in [0.5, 0.6) is 5.75 Å². The lowest BCUT2D eigenvalue weighted by Gasteiger charge is -1.95. The second-order valence-corrected chi connectivity index (χ2v) is 2.57. The summed E-state index contributed by atoms with van der Waals surface area (Å²) in [5, 5.41) is 8.97. The van der Waals surface area contributed by atoms with E-state index in [1.165, 1.54) is 6.07 Å². The van der Waals surface area contributed by atoms with Gasteiger partial charge in [-0.15, -0.1) is 0 Å². The normalized spacial score (nSPS) is 8.27. The molecule has 0 saturated carbocycles. The van der Waals surface area contributed by atoms with E-state index in [0.717, 1.165) is 0 Å². The summed E-state index contributed by atoms with van der Waals surface area (Å²) in [7, 11) is 0. The number of phenolic OH excluding ortho intramolecular Hbond substituents is 1. The molecule has 0 spiro atoms. The van der Waals surface area contributed by atoms with Crippen LogP contribution in [0, 0.1) is 0 Å². The maximum absolute atomic E-state index is 8.97. The molecule has 0 aliphatic rings. The van der Waals surface area contributed by atoms with Gasteiger partial charge in [0, 0.05) is 11.8 Å². The Morgan fingerprint density at radius 3 is 2.27 bits per heavy atom. The zero-order valence-electron chi connectivity index (χ0n) is 6.63. The molecule has 0 fully saturated rings. The van der Waals surface area contributed by atoms with E-state index < -0.39 is 0 Å². The van der Waals surface area contributed by atoms with E-state index in [1.54, 1.807) is 12.1 Å². The second-order valence-electron chi connectivity index (χ2n) is 1.71. The number of aromatic hydroxyl groups is 1. The van der Waals surface area contributed by atoms with Crippen LogP contribution in [0.3, 0.4) is 0 Å². The van der Waals surface area contributed by atoms with Crippen molar-refractivity contribution in [1.29, 1.82) is 0 Å². The fraction of sp³-hybridized carbons (Fsp3) is 0.250. The molecule has 0 saturated heterocycles. The molecule has 0 aliphatic carbocycles. The highest BCUT2D eigenvalue weighted by molar-refractivity contribution is 9.10. The number of rotatable bonds is 0. The molecule has 0 bridgehead atoms. The number of anilines is 1. The molecule has 11 heavy (non-hydrogen) atoms. The van der Waals surface area contributed by atoms with Gasteiger partial charge in [-0.2, -0.15) is 0 Å². The molecule has 2 nitrogen and oxygen atoms in total. The molecule has 0 radical (unpaired) electrons. The Morgan fingerprint density at radius 1 is 1.36 bits per heavy atom. The Balaban J connectivity index is 0.000000461.